The van der Waals surface area contributed by atoms with Crippen molar-refractivity contribution in [2.75, 3.05) is 53.4 Å². The highest BCUT2D eigenvalue weighted by molar-refractivity contribution is 5.86. The third-order valence-electron chi connectivity index (χ3n) is 2.10. The van der Waals surface area contributed by atoms with Crippen LogP contribution < -0.4 is 0 Å². The molecule has 0 heterocycles. The van der Waals surface area contributed by atoms with E-state index in [0.29, 0.717) is 38.6 Å². The standard InChI is InChI=1S/C13H24O7/c1-11(2)13(15)20-10-12(16-3)19-9-8-18-7-6-17-5-4-14/h12,14H,1,4-10H2,2-3H3. The normalized spacial score (nSPS) is 12.2. The van der Waals surface area contributed by atoms with E-state index in [0.717, 1.165) is 0 Å². The molecule has 0 aromatic heterocycles. The van der Waals surface area contributed by atoms with Gasteiger partial charge in [0.2, 0.25) is 0 Å². The second kappa shape index (κ2) is 13.0. The van der Waals surface area contributed by atoms with Crippen LogP contribution in [0.25, 0.3) is 0 Å². The number of rotatable bonds is 13. The van der Waals surface area contributed by atoms with Crippen molar-refractivity contribution in [2.45, 2.75) is 13.2 Å². The fourth-order valence-corrected chi connectivity index (χ4v) is 1.08. The lowest BCUT2D eigenvalue weighted by Gasteiger charge is -2.16. The molecular formula is C13H24O7. The van der Waals surface area contributed by atoms with Crippen molar-refractivity contribution in [1.29, 1.82) is 0 Å². The zero-order chi connectivity index (χ0) is 15.2. The lowest BCUT2D eigenvalue weighted by Crippen LogP contribution is -2.26. The molecule has 0 aliphatic heterocycles. The second-order valence-corrected chi connectivity index (χ2v) is 3.86. The van der Waals surface area contributed by atoms with E-state index < -0.39 is 12.3 Å². The van der Waals surface area contributed by atoms with Crippen LogP contribution in [0.1, 0.15) is 6.92 Å². The molecule has 0 radical (unpaired) electrons. The van der Waals surface area contributed by atoms with Crippen LogP contribution in [-0.2, 0) is 28.5 Å². The molecule has 0 amide bonds. The van der Waals surface area contributed by atoms with Crippen molar-refractivity contribution in [2.24, 2.45) is 0 Å². The van der Waals surface area contributed by atoms with Gasteiger partial charge in [-0.3, -0.25) is 0 Å². The zero-order valence-corrected chi connectivity index (χ0v) is 12.1. The molecule has 0 fully saturated rings. The average Bonchev–Trinajstić information content (AvgIpc) is 2.44. The van der Waals surface area contributed by atoms with Gasteiger partial charge in [-0.25, -0.2) is 4.79 Å². The molecule has 0 saturated carbocycles. The van der Waals surface area contributed by atoms with Crippen molar-refractivity contribution < 1.29 is 33.6 Å². The fourth-order valence-electron chi connectivity index (χ4n) is 1.08. The molecule has 0 saturated heterocycles. The number of aliphatic hydroxyl groups excluding tert-OH is 1. The number of carbonyl (C=O) groups excluding carboxylic acids is 1. The Hall–Kier alpha value is -0.990. The van der Waals surface area contributed by atoms with E-state index in [9.17, 15) is 4.79 Å². The Bertz CT molecular complexity index is 267. The molecule has 7 heteroatoms. The summed E-state index contributed by atoms with van der Waals surface area (Å²) < 4.78 is 25.5. The quantitative estimate of drug-likeness (QED) is 0.223. The van der Waals surface area contributed by atoms with E-state index in [1.165, 1.54) is 7.11 Å². The summed E-state index contributed by atoms with van der Waals surface area (Å²) in [5, 5.41) is 8.48. The predicted octanol–water partition coefficient (Wildman–Crippen LogP) is 0.120. The van der Waals surface area contributed by atoms with Crippen LogP contribution in [-0.4, -0.2) is 70.7 Å². The van der Waals surface area contributed by atoms with Crippen LogP contribution in [0.4, 0.5) is 0 Å². The third kappa shape index (κ3) is 10.9. The van der Waals surface area contributed by atoms with Gasteiger partial charge < -0.3 is 28.8 Å². The van der Waals surface area contributed by atoms with Crippen LogP contribution in [0.2, 0.25) is 0 Å². The minimum absolute atomic E-state index is 0.00152. The van der Waals surface area contributed by atoms with Gasteiger partial charge in [0.15, 0.2) is 6.29 Å². The lowest BCUT2D eigenvalue weighted by molar-refractivity contribution is -0.174. The van der Waals surface area contributed by atoms with Gasteiger partial charge in [0.1, 0.15) is 6.61 Å². The van der Waals surface area contributed by atoms with Crippen LogP contribution in [0.5, 0.6) is 0 Å². The molecule has 0 aromatic rings. The molecule has 0 aliphatic rings. The van der Waals surface area contributed by atoms with Crippen LogP contribution in [0.3, 0.4) is 0 Å². The Morgan fingerprint density at radius 2 is 1.75 bits per heavy atom. The SMILES string of the molecule is C=C(C)C(=O)OCC(OC)OCCOCCOCCO. The minimum Gasteiger partial charge on any atom is -0.457 e. The first-order chi connectivity index (χ1) is 9.61. The number of hydrogen-bond acceptors (Lipinski definition) is 7. The number of hydrogen-bond donors (Lipinski definition) is 1. The van der Waals surface area contributed by atoms with Crippen LogP contribution >= 0.6 is 0 Å². The molecule has 7 nitrogen and oxygen atoms in total. The molecule has 118 valence electrons. The molecule has 1 N–H and O–H groups in total. The molecule has 0 bridgehead atoms. The van der Waals surface area contributed by atoms with Gasteiger partial charge in [0.25, 0.3) is 0 Å². The number of aliphatic hydroxyl groups is 1. The van der Waals surface area contributed by atoms with Gasteiger partial charge in [0.05, 0.1) is 39.6 Å². The Labute approximate surface area is 119 Å². The Balaban J connectivity index is 3.50. The number of esters is 1. The van der Waals surface area contributed by atoms with Gasteiger partial charge in [-0.05, 0) is 6.92 Å². The number of methoxy groups -OCH3 is 1. The number of carbonyl (C=O) groups is 1. The van der Waals surface area contributed by atoms with Gasteiger partial charge >= 0.3 is 5.97 Å². The highest BCUT2D eigenvalue weighted by atomic mass is 16.7. The highest BCUT2D eigenvalue weighted by Crippen LogP contribution is 1.98. The van der Waals surface area contributed by atoms with E-state index in [1.807, 2.05) is 0 Å². The van der Waals surface area contributed by atoms with Crippen LogP contribution in [0.15, 0.2) is 12.2 Å². The van der Waals surface area contributed by atoms with Crippen molar-refractivity contribution in [3.05, 3.63) is 12.2 Å². The Kier molecular flexibility index (Phi) is 12.4. The molecule has 0 aliphatic carbocycles. The summed E-state index contributed by atoms with van der Waals surface area (Å²) in [6, 6.07) is 0. The van der Waals surface area contributed by atoms with Gasteiger partial charge in [-0.15, -0.1) is 0 Å². The largest absolute Gasteiger partial charge is 0.457 e. The zero-order valence-electron chi connectivity index (χ0n) is 12.1. The van der Waals surface area contributed by atoms with Gasteiger partial charge in [0, 0.05) is 12.7 Å². The summed E-state index contributed by atoms with van der Waals surface area (Å²) in [7, 11) is 1.46. The Morgan fingerprint density at radius 1 is 1.15 bits per heavy atom. The maximum Gasteiger partial charge on any atom is 0.333 e. The first-order valence-corrected chi connectivity index (χ1v) is 6.35. The van der Waals surface area contributed by atoms with E-state index in [2.05, 4.69) is 6.58 Å². The van der Waals surface area contributed by atoms with Crippen molar-refractivity contribution in [3.8, 4) is 0 Å². The topological polar surface area (TPSA) is 83.5 Å². The van der Waals surface area contributed by atoms with E-state index in [1.54, 1.807) is 6.92 Å². The maximum absolute atomic E-state index is 11.2. The van der Waals surface area contributed by atoms with E-state index >= 15 is 0 Å². The molecule has 1 unspecified atom stereocenters. The first-order valence-electron chi connectivity index (χ1n) is 6.35. The fraction of sp³-hybridized carbons (Fsp3) is 0.769. The molecule has 20 heavy (non-hydrogen) atoms. The van der Waals surface area contributed by atoms with E-state index in [-0.39, 0.29) is 13.2 Å². The summed E-state index contributed by atoms with van der Waals surface area (Å²) in [5.41, 5.74) is 0.325. The highest BCUT2D eigenvalue weighted by Gasteiger charge is 2.11. The summed E-state index contributed by atoms with van der Waals surface area (Å²) in [6.07, 6.45) is -0.632. The van der Waals surface area contributed by atoms with Crippen molar-refractivity contribution >= 4 is 5.97 Å². The summed E-state index contributed by atoms with van der Waals surface area (Å²) >= 11 is 0. The second-order valence-electron chi connectivity index (χ2n) is 3.86. The lowest BCUT2D eigenvalue weighted by atomic mass is 10.4. The molecular weight excluding hydrogens is 268 g/mol. The molecule has 1 atom stereocenters. The third-order valence-corrected chi connectivity index (χ3v) is 2.10. The molecule has 0 spiro atoms. The van der Waals surface area contributed by atoms with Gasteiger partial charge in [-0.2, -0.15) is 0 Å². The van der Waals surface area contributed by atoms with Gasteiger partial charge in [-0.1, -0.05) is 6.58 Å². The summed E-state index contributed by atoms with van der Waals surface area (Å²) in [5.74, 6) is -0.479. The Morgan fingerprint density at radius 3 is 2.30 bits per heavy atom. The first kappa shape index (κ1) is 19.0. The van der Waals surface area contributed by atoms with Crippen molar-refractivity contribution in [3.63, 3.8) is 0 Å². The average molecular weight is 292 g/mol. The van der Waals surface area contributed by atoms with E-state index in [4.69, 9.17) is 28.8 Å². The summed E-state index contributed by atoms with van der Waals surface area (Å²) in [4.78, 5) is 11.2. The number of ether oxygens (including phenoxy) is 5. The van der Waals surface area contributed by atoms with Crippen molar-refractivity contribution in [1.82, 2.24) is 0 Å². The predicted molar refractivity (Wildman–Crippen MR) is 71.2 cm³/mol. The minimum atomic E-state index is -0.632. The maximum atomic E-state index is 11.2. The smallest absolute Gasteiger partial charge is 0.333 e. The van der Waals surface area contributed by atoms with Crippen LogP contribution in [0, 0.1) is 0 Å². The molecule has 0 rings (SSSR count). The summed E-state index contributed by atoms with van der Waals surface area (Å²) in [6.45, 7) is 6.87. The molecule has 0 aromatic carbocycles. The monoisotopic (exact) mass is 292 g/mol.